The van der Waals surface area contributed by atoms with Crippen molar-refractivity contribution in [2.45, 2.75) is 39.2 Å². The third-order valence-corrected chi connectivity index (χ3v) is 4.08. The van der Waals surface area contributed by atoms with Crippen LogP contribution in [0.4, 0.5) is 11.4 Å². The van der Waals surface area contributed by atoms with Crippen molar-refractivity contribution in [1.29, 1.82) is 0 Å². The minimum absolute atomic E-state index is 0.0160. The second-order valence-electron chi connectivity index (χ2n) is 7.32. The molecule has 2 rings (SSSR count). The molecule has 0 aliphatic rings. The number of anilines is 1. The molecule has 2 N–H and O–H groups in total. The van der Waals surface area contributed by atoms with Gasteiger partial charge in [0.25, 0.3) is 11.6 Å². The molecule has 27 heavy (non-hydrogen) atoms. The second kappa shape index (κ2) is 7.99. The second-order valence-corrected chi connectivity index (χ2v) is 7.32. The van der Waals surface area contributed by atoms with Crippen molar-refractivity contribution in [3.63, 3.8) is 0 Å². The van der Waals surface area contributed by atoms with Crippen LogP contribution in [0.2, 0.25) is 0 Å². The lowest BCUT2D eigenvalue weighted by molar-refractivity contribution is -0.384. The summed E-state index contributed by atoms with van der Waals surface area (Å²) in [6.07, 6.45) is 0. The molecule has 142 valence electrons. The van der Waals surface area contributed by atoms with E-state index in [2.05, 4.69) is 31.4 Å². The van der Waals surface area contributed by atoms with E-state index in [1.165, 1.54) is 24.3 Å². The van der Waals surface area contributed by atoms with E-state index in [-0.39, 0.29) is 22.6 Å². The average molecular weight is 369 g/mol. The van der Waals surface area contributed by atoms with E-state index in [1.807, 2.05) is 24.3 Å². The Morgan fingerprint density at radius 2 is 1.70 bits per heavy atom. The summed E-state index contributed by atoms with van der Waals surface area (Å²) in [7, 11) is 0. The lowest BCUT2D eigenvalue weighted by atomic mass is 9.87. The number of nitro benzene ring substituents is 1. The van der Waals surface area contributed by atoms with Gasteiger partial charge in [-0.2, -0.15) is 0 Å². The van der Waals surface area contributed by atoms with Crippen LogP contribution in [-0.4, -0.2) is 22.8 Å². The molecule has 0 bridgehead atoms. The van der Waals surface area contributed by atoms with Crippen molar-refractivity contribution in [1.82, 2.24) is 5.32 Å². The maximum atomic E-state index is 12.3. The van der Waals surface area contributed by atoms with Gasteiger partial charge >= 0.3 is 0 Å². The highest BCUT2D eigenvalue weighted by molar-refractivity contribution is 6.01. The Morgan fingerprint density at radius 3 is 2.26 bits per heavy atom. The van der Waals surface area contributed by atoms with Gasteiger partial charge in [0.05, 0.1) is 4.92 Å². The van der Waals surface area contributed by atoms with Gasteiger partial charge in [0, 0.05) is 23.4 Å². The largest absolute Gasteiger partial charge is 0.341 e. The smallest absolute Gasteiger partial charge is 0.270 e. The first-order valence-corrected chi connectivity index (χ1v) is 8.54. The van der Waals surface area contributed by atoms with Gasteiger partial charge in [-0.25, -0.2) is 0 Å². The van der Waals surface area contributed by atoms with E-state index in [0.29, 0.717) is 5.69 Å². The molecule has 2 amide bonds. The number of nitro groups is 1. The predicted octanol–water partition coefficient (Wildman–Crippen LogP) is 3.65. The van der Waals surface area contributed by atoms with Crippen LogP contribution in [0, 0.1) is 10.1 Å². The predicted molar refractivity (Wildman–Crippen MR) is 104 cm³/mol. The van der Waals surface area contributed by atoms with Crippen LogP contribution in [0.15, 0.2) is 48.5 Å². The van der Waals surface area contributed by atoms with Crippen LogP contribution in [-0.2, 0) is 10.2 Å². The highest BCUT2D eigenvalue weighted by Gasteiger charge is 2.19. The molecule has 7 heteroatoms. The first kappa shape index (κ1) is 20.1. The molecule has 0 unspecified atom stereocenters. The molecule has 0 heterocycles. The van der Waals surface area contributed by atoms with Crippen LogP contribution in [0.25, 0.3) is 0 Å². The summed E-state index contributed by atoms with van der Waals surface area (Å²) < 4.78 is 0. The number of non-ortho nitro benzene ring substituents is 1. The van der Waals surface area contributed by atoms with Gasteiger partial charge in [-0.15, -0.1) is 0 Å². The van der Waals surface area contributed by atoms with Gasteiger partial charge in [-0.1, -0.05) is 39.0 Å². The Morgan fingerprint density at radius 1 is 1.07 bits per heavy atom. The zero-order chi connectivity index (χ0) is 20.2. The first-order chi connectivity index (χ1) is 12.6. The number of amides is 2. The Bertz CT molecular complexity index is 854. The van der Waals surface area contributed by atoms with Gasteiger partial charge in [0.15, 0.2) is 0 Å². The molecule has 2 aromatic carbocycles. The Kier molecular flexibility index (Phi) is 5.95. The average Bonchev–Trinajstić information content (AvgIpc) is 2.61. The number of nitrogens with one attached hydrogen (secondary N) is 2. The molecule has 0 aliphatic carbocycles. The van der Waals surface area contributed by atoms with E-state index in [0.717, 1.165) is 5.56 Å². The third-order valence-electron chi connectivity index (χ3n) is 4.08. The number of carbonyl (C=O) groups is 2. The molecule has 0 fully saturated rings. The number of hydrogen-bond donors (Lipinski definition) is 2. The van der Waals surface area contributed by atoms with Gasteiger partial charge < -0.3 is 10.6 Å². The van der Waals surface area contributed by atoms with E-state index < -0.39 is 16.9 Å². The van der Waals surface area contributed by atoms with Crippen LogP contribution >= 0.6 is 0 Å². The van der Waals surface area contributed by atoms with Crippen molar-refractivity contribution in [2.75, 3.05) is 5.32 Å². The number of rotatable bonds is 5. The van der Waals surface area contributed by atoms with Crippen molar-refractivity contribution < 1.29 is 14.5 Å². The van der Waals surface area contributed by atoms with E-state index >= 15 is 0 Å². The molecule has 0 saturated carbocycles. The van der Waals surface area contributed by atoms with Crippen molar-refractivity contribution in [3.05, 3.63) is 69.8 Å². The lowest BCUT2D eigenvalue weighted by Crippen LogP contribution is -2.41. The number of hydrogen-bond acceptors (Lipinski definition) is 4. The zero-order valence-electron chi connectivity index (χ0n) is 15.8. The molecule has 0 aromatic heterocycles. The highest BCUT2D eigenvalue weighted by atomic mass is 16.6. The van der Waals surface area contributed by atoms with Crippen LogP contribution in [0.3, 0.4) is 0 Å². The van der Waals surface area contributed by atoms with Gasteiger partial charge in [0.1, 0.15) is 6.04 Å². The fraction of sp³-hybridized carbons (Fsp3) is 0.300. The quantitative estimate of drug-likeness (QED) is 0.620. The van der Waals surface area contributed by atoms with Crippen molar-refractivity contribution in [2.24, 2.45) is 0 Å². The fourth-order valence-electron chi connectivity index (χ4n) is 2.41. The summed E-state index contributed by atoms with van der Waals surface area (Å²) >= 11 is 0. The van der Waals surface area contributed by atoms with Crippen molar-refractivity contribution in [3.8, 4) is 0 Å². The summed E-state index contributed by atoms with van der Waals surface area (Å²) in [5.74, 6) is -0.929. The minimum atomic E-state index is -0.806. The normalized spacial score (nSPS) is 12.1. The van der Waals surface area contributed by atoms with Crippen LogP contribution in [0.1, 0.15) is 43.6 Å². The molecule has 0 radical (unpaired) electrons. The molecular weight excluding hydrogens is 346 g/mol. The minimum Gasteiger partial charge on any atom is -0.341 e. The summed E-state index contributed by atoms with van der Waals surface area (Å²) in [6, 6.07) is 12.1. The monoisotopic (exact) mass is 369 g/mol. The molecule has 1 atom stereocenters. The van der Waals surface area contributed by atoms with Gasteiger partial charge in [0.2, 0.25) is 5.91 Å². The standard InChI is InChI=1S/C20H23N3O4/c1-13(21-19(25)14-6-5-7-17(12-14)23(26)27)18(24)22-16-10-8-15(9-11-16)20(2,3)4/h5-13H,1-4H3,(H,21,25)(H,22,24)/t13-/m0/s1. The molecule has 0 spiro atoms. The molecule has 7 nitrogen and oxygen atoms in total. The van der Waals surface area contributed by atoms with E-state index in [1.54, 1.807) is 6.92 Å². The zero-order valence-corrected chi connectivity index (χ0v) is 15.8. The first-order valence-electron chi connectivity index (χ1n) is 8.54. The van der Waals surface area contributed by atoms with E-state index in [9.17, 15) is 19.7 Å². The maximum Gasteiger partial charge on any atom is 0.270 e. The van der Waals surface area contributed by atoms with E-state index in [4.69, 9.17) is 0 Å². The van der Waals surface area contributed by atoms with Gasteiger partial charge in [-0.3, -0.25) is 19.7 Å². The Balaban J connectivity index is 2.00. The fourth-order valence-corrected chi connectivity index (χ4v) is 2.41. The molecule has 2 aromatic rings. The SMILES string of the molecule is C[C@H](NC(=O)c1cccc([N+](=O)[O-])c1)C(=O)Nc1ccc(C(C)(C)C)cc1. The summed E-state index contributed by atoms with van der Waals surface area (Å²) in [4.78, 5) is 34.8. The third kappa shape index (κ3) is 5.37. The summed E-state index contributed by atoms with van der Waals surface area (Å²) in [5.41, 5.74) is 1.73. The van der Waals surface area contributed by atoms with Crippen molar-refractivity contribution >= 4 is 23.2 Å². The summed E-state index contributed by atoms with van der Waals surface area (Å²) in [5, 5.41) is 16.1. The molecule has 0 saturated heterocycles. The maximum absolute atomic E-state index is 12.3. The Hall–Kier alpha value is -3.22. The number of nitrogens with zero attached hydrogens (tertiary/aromatic N) is 1. The van der Waals surface area contributed by atoms with Gasteiger partial charge in [-0.05, 0) is 36.1 Å². The topological polar surface area (TPSA) is 101 Å². The number of benzene rings is 2. The lowest BCUT2D eigenvalue weighted by Gasteiger charge is -2.19. The molecule has 0 aliphatic heterocycles. The highest BCUT2D eigenvalue weighted by Crippen LogP contribution is 2.23. The number of carbonyl (C=O) groups excluding carboxylic acids is 2. The van der Waals surface area contributed by atoms with Crippen LogP contribution < -0.4 is 10.6 Å². The summed E-state index contributed by atoms with van der Waals surface area (Å²) in [6.45, 7) is 7.86. The molecular formula is C20H23N3O4. The van der Waals surface area contributed by atoms with Crippen LogP contribution in [0.5, 0.6) is 0 Å². The Labute approximate surface area is 157 Å².